The molecule has 2 unspecified atom stereocenters. The van der Waals surface area contributed by atoms with E-state index in [1.165, 1.54) is 11.8 Å². The van der Waals surface area contributed by atoms with Gasteiger partial charge in [0.15, 0.2) is 0 Å². The minimum Gasteiger partial charge on any atom is -0.355 e. The second-order valence-electron chi connectivity index (χ2n) is 9.63. The van der Waals surface area contributed by atoms with Crippen molar-refractivity contribution >= 4 is 51.7 Å². The third-order valence-electron chi connectivity index (χ3n) is 5.85. The molecule has 2 aromatic heterocycles. The van der Waals surface area contributed by atoms with E-state index in [0.717, 1.165) is 25.1 Å². The number of thioether (sulfide) groups is 1. The quantitative estimate of drug-likeness (QED) is 0.489. The molecule has 0 bridgehead atoms. The molecule has 0 radical (unpaired) electrons. The van der Waals surface area contributed by atoms with Crippen LogP contribution in [-0.4, -0.2) is 44.1 Å². The van der Waals surface area contributed by atoms with E-state index in [4.69, 9.17) is 17.2 Å². The number of fused-ring (bicyclic) bond motifs is 1. The zero-order valence-electron chi connectivity index (χ0n) is 19.3. The Hall–Kier alpha value is -2.19. The fourth-order valence-electron chi connectivity index (χ4n) is 4.60. The zero-order valence-corrected chi connectivity index (χ0v) is 20.9. The van der Waals surface area contributed by atoms with Crippen molar-refractivity contribution in [3.63, 3.8) is 0 Å². The normalized spacial score (nSPS) is 23.2. The number of carbonyl (C=O) groups excluding carboxylic acids is 1. The Kier molecular flexibility index (Phi) is 6.45. The summed E-state index contributed by atoms with van der Waals surface area (Å²) in [4.78, 5) is 35.9. The number of piperidine rings is 1. The summed E-state index contributed by atoms with van der Waals surface area (Å²) < 4.78 is 2.12. The van der Waals surface area contributed by atoms with Gasteiger partial charge in [-0.25, -0.2) is 4.98 Å². The first-order valence-corrected chi connectivity index (χ1v) is 12.4. The minimum absolute atomic E-state index is 0.131. The van der Waals surface area contributed by atoms with Crippen LogP contribution >= 0.6 is 24.0 Å². The fraction of sp³-hybridized carbons (Fsp3) is 0.500. The highest BCUT2D eigenvalue weighted by molar-refractivity contribution is 8.26. The van der Waals surface area contributed by atoms with Gasteiger partial charge in [-0.3, -0.25) is 18.9 Å². The average Bonchev–Trinajstić information content (AvgIpc) is 2.96. The van der Waals surface area contributed by atoms with Gasteiger partial charge in [0.1, 0.15) is 15.8 Å². The van der Waals surface area contributed by atoms with Crippen LogP contribution in [0.4, 0.5) is 5.82 Å². The smallest absolute Gasteiger partial charge is 0.267 e. The van der Waals surface area contributed by atoms with E-state index in [2.05, 4.69) is 32.6 Å². The van der Waals surface area contributed by atoms with Crippen molar-refractivity contribution in [2.45, 2.75) is 41.0 Å². The first kappa shape index (κ1) is 23.0. The van der Waals surface area contributed by atoms with E-state index in [1.54, 1.807) is 21.6 Å². The molecule has 0 N–H and O–H groups in total. The molecule has 1 amide bonds. The lowest BCUT2D eigenvalue weighted by molar-refractivity contribution is -0.122. The number of hydrogen-bond donors (Lipinski definition) is 0. The number of carbonyl (C=O) groups is 1. The Morgan fingerprint density at radius 2 is 1.91 bits per heavy atom. The van der Waals surface area contributed by atoms with Crippen LogP contribution < -0.4 is 10.5 Å². The summed E-state index contributed by atoms with van der Waals surface area (Å²) in [5, 5.41) is 0. The van der Waals surface area contributed by atoms with Crippen LogP contribution in [0.3, 0.4) is 0 Å². The number of aryl methyl sites for hydroxylation is 1. The van der Waals surface area contributed by atoms with Crippen LogP contribution in [0.5, 0.6) is 0 Å². The van der Waals surface area contributed by atoms with Gasteiger partial charge in [0.05, 0.1) is 10.5 Å². The van der Waals surface area contributed by atoms with Crippen LogP contribution in [0.1, 0.15) is 45.2 Å². The fourth-order valence-corrected chi connectivity index (χ4v) is 5.86. The van der Waals surface area contributed by atoms with E-state index < -0.39 is 0 Å². The second kappa shape index (κ2) is 8.98. The molecule has 32 heavy (non-hydrogen) atoms. The molecule has 0 spiro atoms. The first-order valence-electron chi connectivity index (χ1n) is 11.2. The Labute approximate surface area is 198 Å². The lowest BCUT2D eigenvalue weighted by Crippen LogP contribution is -2.40. The molecule has 2 aromatic rings. The molecule has 0 saturated carbocycles. The highest BCUT2D eigenvalue weighted by atomic mass is 32.2. The average molecular weight is 471 g/mol. The molecule has 4 rings (SSSR count). The number of rotatable bonds is 4. The molecule has 2 atom stereocenters. The van der Waals surface area contributed by atoms with Crippen LogP contribution in [0.15, 0.2) is 28.0 Å². The molecule has 6 nitrogen and oxygen atoms in total. The van der Waals surface area contributed by atoms with Crippen molar-refractivity contribution in [1.29, 1.82) is 0 Å². The summed E-state index contributed by atoms with van der Waals surface area (Å²) in [6, 6.07) is 3.84. The number of pyridine rings is 1. The van der Waals surface area contributed by atoms with Crippen molar-refractivity contribution in [3.8, 4) is 0 Å². The maximum atomic E-state index is 13.6. The predicted molar refractivity (Wildman–Crippen MR) is 136 cm³/mol. The number of thiocarbonyl (C=S) groups is 1. The van der Waals surface area contributed by atoms with Crippen molar-refractivity contribution in [2.75, 3.05) is 24.5 Å². The number of anilines is 1. The van der Waals surface area contributed by atoms with E-state index in [1.807, 2.05) is 19.1 Å². The maximum absolute atomic E-state index is 13.6. The van der Waals surface area contributed by atoms with Gasteiger partial charge in [0, 0.05) is 25.8 Å². The highest BCUT2D eigenvalue weighted by Crippen LogP contribution is 2.35. The second-order valence-corrected chi connectivity index (χ2v) is 11.3. The van der Waals surface area contributed by atoms with Crippen molar-refractivity contribution in [3.05, 3.63) is 44.7 Å². The SMILES string of the molecule is Cc1ccc2nc(N3CC(C)CC(C)C3)c(/C=C3/SC(=S)N(CC(C)C)C3=O)c(=O)n2c1. The summed E-state index contributed by atoms with van der Waals surface area (Å²) in [6.07, 6.45) is 4.67. The molecule has 2 saturated heterocycles. The van der Waals surface area contributed by atoms with Crippen molar-refractivity contribution in [2.24, 2.45) is 17.8 Å². The van der Waals surface area contributed by atoms with Gasteiger partial charge in [-0.05, 0) is 48.8 Å². The molecule has 8 heteroatoms. The van der Waals surface area contributed by atoms with Gasteiger partial charge in [0.25, 0.3) is 11.5 Å². The number of amides is 1. The monoisotopic (exact) mass is 470 g/mol. The van der Waals surface area contributed by atoms with Gasteiger partial charge in [-0.2, -0.15) is 0 Å². The van der Waals surface area contributed by atoms with E-state index in [0.29, 0.717) is 50.6 Å². The predicted octanol–water partition coefficient (Wildman–Crippen LogP) is 4.34. The molecule has 2 fully saturated rings. The topological polar surface area (TPSA) is 57.9 Å². The van der Waals surface area contributed by atoms with Gasteiger partial charge in [0.2, 0.25) is 0 Å². The Morgan fingerprint density at radius 1 is 1.22 bits per heavy atom. The van der Waals surface area contributed by atoms with Crippen molar-refractivity contribution in [1.82, 2.24) is 14.3 Å². The number of nitrogens with zero attached hydrogens (tertiary/aromatic N) is 4. The molecule has 4 heterocycles. The summed E-state index contributed by atoms with van der Waals surface area (Å²) in [5.41, 5.74) is 1.89. The number of hydrogen-bond acceptors (Lipinski definition) is 6. The Balaban J connectivity index is 1.86. The molecule has 0 aromatic carbocycles. The largest absolute Gasteiger partial charge is 0.355 e. The molecule has 0 aliphatic carbocycles. The first-order chi connectivity index (χ1) is 15.1. The summed E-state index contributed by atoms with van der Waals surface area (Å²) >= 11 is 6.73. The van der Waals surface area contributed by atoms with Crippen LogP contribution in [0, 0.1) is 24.7 Å². The van der Waals surface area contributed by atoms with Crippen LogP contribution in [0.2, 0.25) is 0 Å². The van der Waals surface area contributed by atoms with E-state index in [-0.39, 0.29) is 11.5 Å². The van der Waals surface area contributed by atoms with E-state index in [9.17, 15) is 9.59 Å². The third-order valence-corrected chi connectivity index (χ3v) is 7.23. The number of aromatic nitrogens is 2. The van der Waals surface area contributed by atoms with Crippen LogP contribution in [0.25, 0.3) is 11.7 Å². The maximum Gasteiger partial charge on any atom is 0.267 e. The van der Waals surface area contributed by atoms with Gasteiger partial charge < -0.3 is 4.90 Å². The molecule has 170 valence electrons. The minimum atomic E-state index is -0.159. The highest BCUT2D eigenvalue weighted by Gasteiger charge is 2.33. The molecular formula is C24H30N4O2S2. The molecule has 2 aliphatic rings. The van der Waals surface area contributed by atoms with Gasteiger partial charge >= 0.3 is 0 Å². The summed E-state index contributed by atoms with van der Waals surface area (Å²) in [7, 11) is 0. The lowest BCUT2D eigenvalue weighted by atomic mass is 9.91. The summed E-state index contributed by atoms with van der Waals surface area (Å²) in [5.74, 6) is 1.85. The molecule has 2 aliphatic heterocycles. The third kappa shape index (κ3) is 4.48. The van der Waals surface area contributed by atoms with Gasteiger partial charge in [-0.1, -0.05) is 57.7 Å². The summed E-state index contributed by atoms with van der Waals surface area (Å²) in [6.45, 7) is 12.8. The van der Waals surface area contributed by atoms with E-state index >= 15 is 0 Å². The lowest BCUT2D eigenvalue weighted by Gasteiger charge is -2.36. The van der Waals surface area contributed by atoms with Gasteiger partial charge in [-0.15, -0.1) is 0 Å². The van der Waals surface area contributed by atoms with Crippen LogP contribution in [-0.2, 0) is 4.79 Å². The zero-order chi connectivity index (χ0) is 23.2. The standard InChI is InChI=1S/C24H30N4O2S2/c1-14(2)10-28-23(30)19(32-24(28)31)9-18-21(26-11-16(4)8-17(5)12-26)25-20-7-6-15(3)13-27(20)22(18)29/h6-7,9,13-14,16-17H,8,10-12H2,1-5H3/b19-9+. The van der Waals surface area contributed by atoms with Crippen molar-refractivity contribution < 1.29 is 4.79 Å². The molecular weight excluding hydrogens is 440 g/mol. The Morgan fingerprint density at radius 3 is 2.56 bits per heavy atom. The Bertz CT molecular complexity index is 1160.